The largest absolute Gasteiger partial charge is 0.484 e. The molecule has 0 aliphatic carbocycles. The molecule has 126 valence electrons. The molecule has 0 fully saturated rings. The molecule has 0 unspecified atom stereocenters. The summed E-state index contributed by atoms with van der Waals surface area (Å²) in [6.45, 7) is 1.77. The topological polar surface area (TPSA) is 62.4 Å². The van der Waals surface area contributed by atoms with Gasteiger partial charge >= 0.3 is 0 Å². The van der Waals surface area contributed by atoms with Gasteiger partial charge < -0.3 is 10.1 Å². The van der Waals surface area contributed by atoms with E-state index >= 15 is 0 Å². The molecular weight excluding hydrogens is 353 g/mol. The van der Waals surface area contributed by atoms with Crippen LogP contribution in [0.4, 0.5) is 10.1 Å². The average molecular weight is 368 g/mol. The Morgan fingerprint density at radius 2 is 2.04 bits per heavy atom. The molecule has 0 heterocycles. The van der Waals surface area contributed by atoms with Gasteiger partial charge in [-0.05, 0) is 55.0 Å². The molecule has 2 aromatic carbocycles. The lowest BCUT2D eigenvalue weighted by Gasteiger charge is -2.12. The summed E-state index contributed by atoms with van der Waals surface area (Å²) in [5, 5.41) is 2.86. The summed E-state index contributed by atoms with van der Waals surface area (Å²) in [4.78, 5) is 11.7. The van der Waals surface area contributed by atoms with Gasteiger partial charge in [-0.25, -0.2) is 4.39 Å². The molecule has 2 rings (SSSR count). The van der Waals surface area contributed by atoms with Gasteiger partial charge in [0.2, 0.25) is 0 Å². The third-order valence-electron chi connectivity index (χ3n) is 2.85. The molecule has 24 heavy (non-hydrogen) atoms. The van der Waals surface area contributed by atoms with Crippen molar-refractivity contribution >= 4 is 40.5 Å². The average Bonchev–Trinajstić information content (AvgIpc) is 2.54. The van der Waals surface area contributed by atoms with Gasteiger partial charge in [0.05, 0.1) is 5.02 Å². The van der Waals surface area contributed by atoms with Crippen molar-refractivity contribution < 1.29 is 13.9 Å². The lowest BCUT2D eigenvalue weighted by molar-refractivity contribution is -0.123. The first-order valence-corrected chi connectivity index (χ1v) is 7.73. The Balaban J connectivity index is 1.74. The number of amides is 1. The number of thiocarbonyl (C=S) groups is 1. The summed E-state index contributed by atoms with van der Waals surface area (Å²) in [5.74, 6) is -0.327. The van der Waals surface area contributed by atoms with E-state index in [2.05, 4.69) is 16.2 Å². The molecule has 5 nitrogen and oxygen atoms in total. The SMILES string of the molecule is Cc1cccc(OCC(=O)NNC(=S)Nc2ccc(F)c(Cl)c2)c1. The van der Waals surface area contributed by atoms with Crippen LogP contribution in [0.3, 0.4) is 0 Å². The maximum atomic E-state index is 13.1. The molecule has 0 aliphatic heterocycles. The first kappa shape index (κ1) is 18.0. The third kappa shape index (κ3) is 5.68. The van der Waals surface area contributed by atoms with E-state index in [1.165, 1.54) is 18.2 Å². The van der Waals surface area contributed by atoms with E-state index in [9.17, 15) is 9.18 Å². The van der Waals surface area contributed by atoms with Crippen LogP contribution < -0.4 is 20.9 Å². The van der Waals surface area contributed by atoms with Crippen LogP contribution in [0.5, 0.6) is 5.75 Å². The van der Waals surface area contributed by atoms with Gasteiger partial charge in [-0.2, -0.15) is 0 Å². The van der Waals surface area contributed by atoms with Gasteiger partial charge in [0.1, 0.15) is 11.6 Å². The standard InChI is InChI=1S/C16H15ClFN3O2S/c1-10-3-2-4-12(7-10)23-9-15(22)20-21-16(24)19-11-5-6-14(18)13(17)8-11/h2-8H,9H2,1H3,(H,20,22)(H2,19,21,24). The van der Waals surface area contributed by atoms with Gasteiger partial charge in [0.15, 0.2) is 11.7 Å². The Kier molecular flexibility index (Phi) is 6.34. The summed E-state index contributed by atoms with van der Waals surface area (Å²) in [7, 11) is 0. The lowest BCUT2D eigenvalue weighted by atomic mass is 10.2. The van der Waals surface area contributed by atoms with E-state index < -0.39 is 11.7 Å². The minimum atomic E-state index is -0.525. The summed E-state index contributed by atoms with van der Waals surface area (Å²) in [5.41, 5.74) is 6.43. The van der Waals surface area contributed by atoms with Gasteiger partial charge in [0.25, 0.3) is 5.91 Å². The predicted molar refractivity (Wildman–Crippen MR) is 95.6 cm³/mol. The van der Waals surface area contributed by atoms with Crippen molar-refractivity contribution in [2.45, 2.75) is 6.92 Å². The highest BCUT2D eigenvalue weighted by Gasteiger charge is 2.05. The Hall–Kier alpha value is -2.38. The fourth-order valence-electron chi connectivity index (χ4n) is 1.75. The second-order valence-electron chi connectivity index (χ2n) is 4.86. The van der Waals surface area contributed by atoms with E-state index in [1.807, 2.05) is 25.1 Å². The maximum absolute atomic E-state index is 13.1. The first-order chi connectivity index (χ1) is 11.4. The molecule has 8 heteroatoms. The number of hydrogen-bond acceptors (Lipinski definition) is 3. The molecule has 0 atom stereocenters. The second-order valence-corrected chi connectivity index (χ2v) is 5.68. The minimum Gasteiger partial charge on any atom is -0.484 e. The van der Waals surface area contributed by atoms with Crippen molar-refractivity contribution in [1.82, 2.24) is 10.9 Å². The highest BCUT2D eigenvalue weighted by atomic mass is 35.5. The van der Waals surface area contributed by atoms with Crippen LogP contribution in [-0.2, 0) is 4.79 Å². The van der Waals surface area contributed by atoms with E-state index in [0.717, 1.165) is 5.56 Å². The molecule has 0 saturated carbocycles. The molecule has 3 N–H and O–H groups in total. The highest BCUT2D eigenvalue weighted by molar-refractivity contribution is 7.80. The lowest BCUT2D eigenvalue weighted by Crippen LogP contribution is -2.45. The summed E-state index contributed by atoms with van der Waals surface area (Å²) >= 11 is 10.7. The summed E-state index contributed by atoms with van der Waals surface area (Å²) < 4.78 is 18.4. The first-order valence-electron chi connectivity index (χ1n) is 6.94. The zero-order valence-electron chi connectivity index (χ0n) is 12.7. The number of anilines is 1. The molecule has 0 spiro atoms. The highest BCUT2D eigenvalue weighted by Crippen LogP contribution is 2.19. The van der Waals surface area contributed by atoms with Gasteiger partial charge in [0, 0.05) is 5.69 Å². The Morgan fingerprint density at radius 1 is 1.25 bits per heavy atom. The number of hydrogen-bond donors (Lipinski definition) is 3. The number of aryl methyl sites for hydroxylation is 1. The number of ether oxygens (including phenoxy) is 1. The normalized spacial score (nSPS) is 9.96. The fourth-order valence-corrected chi connectivity index (χ4v) is 2.10. The molecule has 0 bridgehead atoms. The molecule has 0 radical (unpaired) electrons. The van der Waals surface area contributed by atoms with Crippen LogP contribution in [0.25, 0.3) is 0 Å². The van der Waals surface area contributed by atoms with Gasteiger partial charge in [-0.3, -0.25) is 15.6 Å². The third-order valence-corrected chi connectivity index (χ3v) is 3.35. The predicted octanol–water partition coefficient (Wildman–Crippen LogP) is 3.18. The van der Waals surface area contributed by atoms with Crippen LogP contribution in [-0.4, -0.2) is 17.6 Å². The van der Waals surface area contributed by atoms with Crippen LogP contribution >= 0.6 is 23.8 Å². The van der Waals surface area contributed by atoms with E-state index in [0.29, 0.717) is 11.4 Å². The van der Waals surface area contributed by atoms with Crippen molar-refractivity contribution in [2.75, 3.05) is 11.9 Å². The van der Waals surface area contributed by atoms with E-state index in [1.54, 1.807) is 6.07 Å². The number of nitrogens with one attached hydrogen (secondary N) is 3. The Morgan fingerprint density at radius 3 is 2.75 bits per heavy atom. The van der Waals surface area contributed by atoms with Crippen LogP contribution in [0.2, 0.25) is 5.02 Å². The summed E-state index contributed by atoms with van der Waals surface area (Å²) in [6, 6.07) is 11.4. The number of carbonyl (C=O) groups is 1. The molecular formula is C16H15ClFN3O2S. The number of hydrazine groups is 1. The molecule has 2 aromatic rings. The molecule has 0 aromatic heterocycles. The molecule has 0 saturated heterocycles. The van der Waals surface area contributed by atoms with E-state index in [-0.39, 0.29) is 16.7 Å². The monoisotopic (exact) mass is 367 g/mol. The van der Waals surface area contributed by atoms with Gasteiger partial charge in [-0.1, -0.05) is 23.7 Å². The van der Waals surface area contributed by atoms with Crippen molar-refractivity contribution in [3.05, 3.63) is 58.9 Å². The fraction of sp³-hybridized carbons (Fsp3) is 0.125. The van der Waals surface area contributed by atoms with Crippen LogP contribution in [0, 0.1) is 12.7 Å². The van der Waals surface area contributed by atoms with Gasteiger partial charge in [-0.15, -0.1) is 0 Å². The minimum absolute atomic E-state index is 0.0293. The van der Waals surface area contributed by atoms with E-state index in [4.69, 9.17) is 28.6 Å². The number of halogens is 2. The molecule has 0 aliphatic rings. The maximum Gasteiger partial charge on any atom is 0.276 e. The van der Waals surface area contributed by atoms with Crippen molar-refractivity contribution in [2.24, 2.45) is 0 Å². The number of carbonyl (C=O) groups excluding carboxylic acids is 1. The zero-order valence-corrected chi connectivity index (χ0v) is 14.3. The quantitative estimate of drug-likeness (QED) is 0.572. The number of benzene rings is 2. The van der Waals surface area contributed by atoms with Crippen molar-refractivity contribution in [3.8, 4) is 5.75 Å². The van der Waals surface area contributed by atoms with Crippen molar-refractivity contribution in [3.63, 3.8) is 0 Å². The van der Waals surface area contributed by atoms with Crippen LogP contribution in [0.1, 0.15) is 5.56 Å². The Labute approximate surface area is 149 Å². The van der Waals surface area contributed by atoms with Crippen LogP contribution in [0.15, 0.2) is 42.5 Å². The Bertz CT molecular complexity index is 758. The second kappa shape index (κ2) is 8.47. The smallest absolute Gasteiger partial charge is 0.276 e. The molecule has 1 amide bonds. The van der Waals surface area contributed by atoms with Crippen molar-refractivity contribution in [1.29, 1.82) is 0 Å². The summed E-state index contributed by atoms with van der Waals surface area (Å²) in [6.07, 6.45) is 0. The zero-order chi connectivity index (χ0) is 17.5. The number of rotatable bonds is 4.